The average molecular weight is 200 g/mol. The minimum Gasteiger partial charge on any atom is -0.0735 e. The van der Waals surface area contributed by atoms with E-state index in [4.69, 9.17) is 0 Å². The van der Waals surface area contributed by atoms with Crippen molar-refractivity contribution < 1.29 is 0 Å². The Morgan fingerprint density at radius 2 is 1.60 bits per heavy atom. The first-order chi connectivity index (χ1) is 7.04. The minimum absolute atomic E-state index is 0.289. The summed E-state index contributed by atoms with van der Waals surface area (Å²) in [5.41, 5.74) is 6.27. The van der Waals surface area contributed by atoms with Crippen molar-refractivity contribution in [2.75, 3.05) is 0 Å². The molecular weight excluding hydrogens is 180 g/mol. The minimum atomic E-state index is 0.289. The van der Waals surface area contributed by atoms with E-state index in [1.54, 1.807) is 11.1 Å². The van der Waals surface area contributed by atoms with Gasteiger partial charge in [-0.25, -0.2) is 0 Å². The van der Waals surface area contributed by atoms with Gasteiger partial charge in [0.25, 0.3) is 0 Å². The van der Waals surface area contributed by atoms with Crippen LogP contribution in [0.25, 0.3) is 0 Å². The van der Waals surface area contributed by atoms with Gasteiger partial charge in [0.1, 0.15) is 0 Å². The molecule has 15 heavy (non-hydrogen) atoms. The van der Waals surface area contributed by atoms with Crippen LogP contribution in [0.15, 0.2) is 35.4 Å². The molecule has 0 aliphatic heterocycles. The molecule has 80 valence electrons. The normalized spacial score (nSPS) is 26.1. The van der Waals surface area contributed by atoms with E-state index in [1.807, 2.05) is 0 Å². The van der Waals surface area contributed by atoms with E-state index in [1.165, 1.54) is 24.0 Å². The van der Waals surface area contributed by atoms with Crippen LogP contribution in [0, 0.1) is 6.92 Å². The lowest BCUT2D eigenvalue weighted by Crippen LogP contribution is -2.19. The van der Waals surface area contributed by atoms with Crippen LogP contribution in [0.5, 0.6) is 0 Å². The molecule has 0 fully saturated rings. The zero-order valence-corrected chi connectivity index (χ0v) is 10.2. The molecule has 1 aromatic rings. The molecule has 1 aromatic carbocycles. The fourth-order valence-corrected chi connectivity index (χ4v) is 2.57. The van der Waals surface area contributed by atoms with Crippen LogP contribution in [0.2, 0.25) is 0 Å². The van der Waals surface area contributed by atoms with E-state index in [0.29, 0.717) is 0 Å². The van der Waals surface area contributed by atoms with Gasteiger partial charge in [-0.05, 0) is 39.2 Å². The molecule has 0 aromatic heterocycles. The van der Waals surface area contributed by atoms with Crippen LogP contribution in [0.1, 0.15) is 44.7 Å². The third-order valence-electron chi connectivity index (χ3n) is 4.16. The molecule has 2 rings (SSSR count). The van der Waals surface area contributed by atoms with Gasteiger partial charge in [-0.2, -0.15) is 0 Å². The first-order valence-corrected chi connectivity index (χ1v) is 5.78. The van der Waals surface area contributed by atoms with Gasteiger partial charge in [-0.1, -0.05) is 47.9 Å². The van der Waals surface area contributed by atoms with Gasteiger partial charge in [-0.15, -0.1) is 0 Å². The van der Waals surface area contributed by atoms with Crippen LogP contribution in [0.3, 0.4) is 0 Å². The lowest BCUT2D eigenvalue weighted by atomic mass is 9.77. The summed E-state index contributed by atoms with van der Waals surface area (Å²) in [6.45, 7) is 9.09. The largest absolute Gasteiger partial charge is 0.0735 e. The SMILES string of the molecule is CC1=C(C)[C@@](C)(c2ccc(C)cc2)CC1. The van der Waals surface area contributed by atoms with Crippen LogP contribution in [0.4, 0.5) is 0 Å². The average Bonchev–Trinajstić information content (AvgIpc) is 2.48. The highest BCUT2D eigenvalue weighted by Crippen LogP contribution is 2.44. The fourth-order valence-electron chi connectivity index (χ4n) is 2.57. The number of rotatable bonds is 1. The molecule has 0 radical (unpaired) electrons. The van der Waals surface area contributed by atoms with Crippen molar-refractivity contribution in [2.24, 2.45) is 0 Å². The summed E-state index contributed by atoms with van der Waals surface area (Å²) in [6.07, 6.45) is 2.53. The molecular formula is C15H20. The Balaban J connectivity index is 2.43. The fraction of sp³-hybridized carbons (Fsp3) is 0.467. The summed E-state index contributed by atoms with van der Waals surface area (Å²) in [5.74, 6) is 0. The standard InChI is InChI=1S/C15H20/c1-11-5-7-14(8-6-11)15(4)10-9-12(2)13(15)3/h5-8H,9-10H2,1-4H3/t15-/m0/s1. The van der Waals surface area contributed by atoms with Crippen LogP contribution in [-0.2, 0) is 5.41 Å². The zero-order chi connectivity index (χ0) is 11.1. The number of allylic oxidation sites excluding steroid dienone is 2. The lowest BCUT2D eigenvalue weighted by Gasteiger charge is -2.27. The maximum Gasteiger partial charge on any atom is 0.0136 e. The molecule has 0 amide bonds. The second-order valence-electron chi connectivity index (χ2n) is 5.10. The molecule has 1 atom stereocenters. The summed E-state index contributed by atoms with van der Waals surface area (Å²) >= 11 is 0. The van der Waals surface area contributed by atoms with Crippen LogP contribution in [-0.4, -0.2) is 0 Å². The van der Waals surface area contributed by atoms with Gasteiger partial charge in [0.2, 0.25) is 0 Å². The Hall–Kier alpha value is -1.04. The van der Waals surface area contributed by atoms with Crippen molar-refractivity contribution in [3.63, 3.8) is 0 Å². The summed E-state index contributed by atoms with van der Waals surface area (Å²) < 4.78 is 0. The van der Waals surface area contributed by atoms with E-state index in [9.17, 15) is 0 Å². The monoisotopic (exact) mass is 200 g/mol. The number of hydrogen-bond acceptors (Lipinski definition) is 0. The Bertz CT molecular complexity index is 395. The number of benzene rings is 1. The smallest absolute Gasteiger partial charge is 0.0136 e. The maximum absolute atomic E-state index is 2.38. The third-order valence-corrected chi connectivity index (χ3v) is 4.16. The summed E-state index contributed by atoms with van der Waals surface area (Å²) in [6, 6.07) is 9.03. The predicted octanol–water partition coefficient (Wildman–Crippen LogP) is 4.38. The Kier molecular flexibility index (Phi) is 2.46. The van der Waals surface area contributed by atoms with Crippen molar-refractivity contribution in [3.05, 3.63) is 46.5 Å². The second kappa shape index (κ2) is 3.52. The molecule has 0 N–H and O–H groups in total. The first kappa shape index (κ1) is 10.5. The van der Waals surface area contributed by atoms with Gasteiger partial charge in [0.15, 0.2) is 0 Å². The van der Waals surface area contributed by atoms with E-state index in [2.05, 4.69) is 52.0 Å². The summed E-state index contributed by atoms with van der Waals surface area (Å²) in [4.78, 5) is 0. The van der Waals surface area contributed by atoms with Gasteiger partial charge >= 0.3 is 0 Å². The molecule has 1 aliphatic rings. The molecule has 0 bridgehead atoms. The number of hydrogen-bond donors (Lipinski definition) is 0. The number of aryl methyl sites for hydroxylation is 1. The topological polar surface area (TPSA) is 0 Å². The van der Waals surface area contributed by atoms with Crippen molar-refractivity contribution in [2.45, 2.75) is 46.0 Å². The van der Waals surface area contributed by atoms with Gasteiger partial charge in [0.05, 0.1) is 0 Å². The maximum atomic E-state index is 2.38. The van der Waals surface area contributed by atoms with Gasteiger partial charge in [-0.3, -0.25) is 0 Å². The van der Waals surface area contributed by atoms with E-state index in [-0.39, 0.29) is 5.41 Å². The van der Waals surface area contributed by atoms with E-state index in [0.717, 1.165) is 0 Å². The van der Waals surface area contributed by atoms with Gasteiger partial charge < -0.3 is 0 Å². The highest BCUT2D eigenvalue weighted by molar-refractivity contribution is 5.41. The predicted molar refractivity (Wildman–Crippen MR) is 66.1 cm³/mol. The Morgan fingerprint density at radius 3 is 2.07 bits per heavy atom. The summed E-state index contributed by atoms with van der Waals surface area (Å²) in [7, 11) is 0. The highest BCUT2D eigenvalue weighted by atomic mass is 14.4. The molecule has 1 aliphatic carbocycles. The quantitative estimate of drug-likeness (QED) is 0.590. The Labute approximate surface area is 93.0 Å². The van der Waals surface area contributed by atoms with E-state index < -0.39 is 0 Å². The van der Waals surface area contributed by atoms with Crippen molar-refractivity contribution in [1.29, 1.82) is 0 Å². The van der Waals surface area contributed by atoms with Crippen LogP contribution >= 0.6 is 0 Å². The molecule has 0 heterocycles. The lowest BCUT2D eigenvalue weighted by molar-refractivity contribution is 0.550. The molecule has 0 spiro atoms. The molecule has 0 unspecified atom stereocenters. The van der Waals surface area contributed by atoms with Gasteiger partial charge in [0, 0.05) is 5.41 Å². The van der Waals surface area contributed by atoms with Crippen molar-refractivity contribution in [3.8, 4) is 0 Å². The molecule has 0 saturated heterocycles. The Morgan fingerprint density at radius 1 is 1.00 bits per heavy atom. The molecule has 0 saturated carbocycles. The summed E-state index contributed by atoms with van der Waals surface area (Å²) in [5, 5.41) is 0. The van der Waals surface area contributed by atoms with Crippen molar-refractivity contribution in [1.82, 2.24) is 0 Å². The molecule has 0 nitrogen and oxygen atoms in total. The van der Waals surface area contributed by atoms with E-state index >= 15 is 0 Å². The van der Waals surface area contributed by atoms with Crippen molar-refractivity contribution >= 4 is 0 Å². The zero-order valence-electron chi connectivity index (χ0n) is 10.2. The van der Waals surface area contributed by atoms with Crippen LogP contribution < -0.4 is 0 Å². The third kappa shape index (κ3) is 1.62. The molecule has 0 heteroatoms. The highest BCUT2D eigenvalue weighted by Gasteiger charge is 2.33. The first-order valence-electron chi connectivity index (χ1n) is 5.78. The second-order valence-corrected chi connectivity index (χ2v) is 5.10.